The topological polar surface area (TPSA) is 58.6 Å². The molecule has 0 aliphatic carbocycles. The number of carbonyl (C=O) groups is 2. The Labute approximate surface area is 126 Å². The van der Waals surface area contributed by atoms with E-state index in [0.717, 1.165) is 5.69 Å². The van der Waals surface area contributed by atoms with Crippen molar-refractivity contribution in [3.63, 3.8) is 0 Å². The van der Waals surface area contributed by atoms with Crippen LogP contribution < -0.4 is 10.2 Å². The number of hydrogen-bond acceptors (Lipinski definition) is 5. The quantitative estimate of drug-likeness (QED) is 0.614. The standard InChI is InChI=1S/C16H24N2O3/c1-11(2)17-14(10-15(19)21-5)16(20)12-6-8-13(9-7-12)18(3)4/h6-9,11,14,17H,10H2,1-5H3. The minimum atomic E-state index is -0.567. The molecule has 0 saturated heterocycles. The first kappa shape index (κ1) is 17.2. The van der Waals surface area contributed by atoms with Gasteiger partial charge in [0.25, 0.3) is 0 Å². The summed E-state index contributed by atoms with van der Waals surface area (Å²) in [4.78, 5) is 26.0. The normalized spacial score (nSPS) is 12.1. The highest BCUT2D eigenvalue weighted by Gasteiger charge is 2.24. The molecule has 1 rings (SSSR count). The van der Waals surface area contributed by atoms with Crippen molar-refractivity contribution in [3.8, 4) is 0 Å². The predicted octanol–water partition coefficient (Wildman–Crippen LogP) is 1.86. The first-order chi connectivity index (χ1) is 9.85. The molecule has 1 atom stereocenters. The van der Waals surface area contributed by atoms with Crippen molar-refractivity contribution < 1.29 is 14.3 Å². The Balaban J connectivity index is 2.90. The van der Waals surface area contributed by atoms with Gasteiger partial charge in [-0.05, 0) is 24.3 Å². The van der Waals surface area contributed by atoms with Crippen LogP contribution >= 0.6 is 0 Å². The van der Waals surface area contributed by atoms with E-state index in [2.05, 4.69) is 10.1 Å². The largest absolute Gasteiger partial charge is 0.469 e. The van der Waals surface area contributed by atoms with Crippen molar-refractivity contribution in [1.29, 1.82) is 0 Å². The van der Waals surface area contributed by atoms with Crippen LogP contribution in [0.3, 0.4) is 0 Å². The van der Waals surface area contributed by atoms with E-state index < -0.39 is 12.0 Å². The number of rotatable bonds is 7. The Morgan fingerprint density at radius 3 is 2.19 bits per heavy atom. The number of hydrogen-bond donors (Lipinski definition) is 1. The maximum Gasteiger partial charge on any atom is 0.307 e. The van der Waals surface area contributed by atoms with Gasteiger partial charge in [0, 0.05) is 31.4 Å². The molecule has 0 aliphatic heterocycles. The van der Waals surface area contributed by atoms with Gasteiger partial charge in [0.1, 0.15) is 0 Å². The van der Waals surface area contributed by atoms with Crippen LogP contribution in [0.4, 0.5) is 5.69 Å². The molecule has 5 heteroatoms. The smallest absolute Gasteiger partial charge is 0.307 e. The Bertz CT molecular complexity index is 481. The number of Topliss-reactive ketones (excluding diaryl/α,β-unsaturated/α-hetero) is 1. The summed E-state index contributed by atoms with van der Waals surface area (Å²) in [6, 6.07) is 6.87. The van der Waals surface area contributed by atoms with E-state index in [0.29, 0.717) is 5.56 Å². The van der Waals surface area contributed by atoms with Crippen molar-refractivity contribution in [3.05, 3.63) is 29.8 Å². The summed E-state index contributed by atoms with van der Waals surface area (Å²) in [7, 11) is 5.21. The molecule has 0 aromatic heterocycles. The maximum absolute atomic E-state index is 12.5. The lowest BCUT2D eigenvalue weighted by molar-refractivity contribution is -0.141. The van der Waals surface area contributed by atoms with Gasteiger partial charge < -0.3 is 15.0 Å². The van der Waals surface area contributed by atoms with Gasteiger partial charge in [0.2, 0.25) is 0 Å². The molecule has 0 bridgehead atoms. The molecule has 116 valence electrons. The van der Waals surface area contributed by atoms with Gasteiger partial charge in [-0.1, -0.05) is 13.8 Å². The molecule has 0 amide bonds. The lowest BCUT2D eigenvalue weighted by Crippen LogP contribution is -2.42. The first-order valence-corrected chi connectivity index (χ1v) is 6.99. The summed E-state index contributed by atoms with van der Waals surface area (Å²) in [6.07, 6.45) is 0.0307. The van der Waals surface area contributed by atoms with Gasteiger partial charge in [-0.15, -0.1) is 0 Å². The first-order valence-electron chi connectivity index (χ1n) is 6.99. The summed E-state index contributed by atoms with van der Waals surface area (Å²) >= 11 is 0. The van der Waals surface area contributed by atoms with Crippen LogP contribution in [-0.4, -0.2) is 45.0 Å². The van der Waals surface area contributed by atoms with E-state index in [-0.39, 0.29) is 18.2 Å². The predicted molar refractivity (Wildman–Crippen MR) is 83.8 cm³/mol. The van der Waals surface area contributed by atoms with E-state index in [9.17, 15) is 9.59 Å². The number of ether oxygens (including phenoxy) is 1. The molecule has 0 spiro atoms. The molecule has 1 aromatic rings. The average Bonchev–Trinajstić information content (AvgIpc) is 2.45. The summed E-state index contributed by atoms with van der Waals surface area (Å²) in [5.74, 6) is -0.495. The van der Waals surface area contributed by atoms with Crippen LogP contribution in [0.2, 0.25) is 0 Å². The fourth-order valence-corrected chi connectivity index (χ4v) is 2.00. The van der Waals surface area contributed by atoms with Crippen LogP contribution in [0.25, 0.3) is 0 Å². The molecule has 0 radical (unpaired) electrons. The molecule has 1 unspecified atom stereocenters. The van der Waals surface area contributed by atoms with Crippen molar-refractivity contribution in [2.24, 2.45) is 0 Å². The zero-order valence-corrected chi connectivity index (χ0v) is 13.3. The Kier molecular flexibility index (Phi) is 6.37. The summed E-state index contributed by atoms with van der Waals surface area (Å²) in [6.45, 7) is 3.87. The highest BCUT2D eigenvalue weighted by atomic mass is 16.5. The number of nitrogens with one attached hydrogen (secondary N) is 1. The zero-order chi connectivity index (χ0) is 16.0. The molecule has 0 fully saturated rings. The molecule has 0 heterocycles. The third kappa shape index (κ3) is 5.19. The second-order valence-electron chi connectivity index (χ2n) is 5.46. The molecule has 0 aliphatic rings. The second-order valence-corrected chi connectivity index (χ2v) is 5.46. The fourth-order valence-electron chi connectivity index (χ4n) is 2.00. The number of nitrogens with zero attached hydrogens (tertiary/aromatic N) is 1. The lowest BCUT2D eigenvalue weighted by Gasteiger charge is -2.20. The zero-order valence-electron chi connectivity index (χ0n) is 13.3. The summed E-state index contributed by atoms with van der Waals surface area (Å²) in [5.41, 5.74) is 1.61. The van der Waals surface area contributed by atoms with Crippen LogP contribution in [0, 0.1) is 0 Å². The number of esters is 1. The minimum absolute atomic E-state index is 0.0307. The molecule has 5 nitrogen and oxygen atoms in total. The Hall–Kier alpha value is -1.88. The molecular weight excluding hydrogens is 268 g/mol. The number of ketones is 1. The minimum Gasteiger partial charge on any atom is -0.469 e. The van der Waals surface area contributed by atoms with Gasteiger partial charge in [-0.3, -0.25) is 9.59 Å². The molecule has 21 heavy (non-hydrogen) atoms. The number of methoxy groups -OCH3 is 1. The number of anilines is 1. The van der Waals surface area contributed by atoms with Crippen molar-refractivity contribution in [2.45, 2.75) is 32.4 Å². The van der Waals surface area contributed by atoms with E-state index >= 15 is 0 Å². The van der Waals surface area contributed by atoms with Crippen molar-refractivity contribution in [2.75, 3.05) is 26.1 Å². The summed E-state index contributed by atoms with van der Waals surface area (Å²) in [5, 5.41) is 3.12. The lowest BCUT2D eigenvalue weighted by atomic mass is 10.0. The van der Waals surface area contributed by atoms with Crippen LogP contribution in [0.15, 0.2) is 24.3 Å². The van der Waals surface area contributed by atoms with Crippen LogP contribution in [-0.2, 0) is 9.53 Å². The Morgan fingerprint density at radius 1 is 1.19 bits per heavy atom. The molecule has 0 saturated carbocycles. The third-order valence-corrected chi connectivity index (χ3v) is 3.12. The summed E-state index contributed by atoms with van der Waals surface area (Å²) < 4.78 is 4.66. The van der Waals surface area contributed by atoms with Crippen LogP contribution in [0.5, 0.6) is 0 Å². The SMILES string of the molecule is COC(=O)CC(NC(C)C)C(=O)c1ccc(N(C)C)cc1. The third-order valence-electron chi connectivity index (χ3n) is 3.12. The van der Waals surface area contributed by atoms with Gasteiger partial charge in [0.15, 0.2) is 5.78 Å². The van der Waals surface area contributed by atoms with E-state index in [1.54, 1.807) is 12.1 Å². The van der Waals surface area contributed by atoms with Gasteiger partial charge in [0.05, 0.1) is 19.6 Å². The Morgan fingerprint density at radius 2 is 1.76 bits per heavy atom. The van der Waals surface area contributed by atoms with Crippen molar-refractivity contribution >= 4 is 17.4 Å². The molecule has 1 aromatic carbocycles. The van der Waals surface area contributed by atoms with E-state index in [4.69, 9.17) is 0 Å². The highest BCUT2D eigenvalue weighted by Crippen LogP contribution is 2.15. The fraction of sp³-hybridized carbons (Fsp3) is 0.500. The average molecular weight is 292 g/mol. The van der Waals surface area contributed by atoms with E-state index in [1.165, 1.54) is 7.11 Å². The molecule has 1 N–H and O–H groups in total. The van der Waals surface area contributed by atoms with E-state index in [1.807, 2.05) is 45.0 Å². The van der Waals surface area contributed by atoms with Gasteiger partial charge >= 0.3 is 5.97 Å². The van der Waals surface area contributed by atoms with Crippen molar-refractivity contribution in [1.82, 2.24) is 5.32 Å². The molecular formula is C16H24N2O3. The number of carbonyl (C=O) groups excluding carboxylic acids is 2. The van der Waals surface area contributed by atoms with Crippen LogP contribution in [0.1, 0.15) is 30.6 Å². The highest BCUT2D eigenvalue weighted by molar-refractivity contribution is 6.02. The van der Waals surface area contributed by atoms with Gasteiger partial charge in [-0.25, -0.2) is 0 Å². The second kappa shape index (κ2) is 7.78. The van der Waals surface area contributed by atoms with Gasteiger partial charge in [-0.2, -0.15) is 0 Å². The number of benzene rings is 1. The maximum atomic E-state index is 12.5. The monoisotopic (exact) mass is 292 g/mol.